The van der Waals surface area contributed by atoms with Crippen molar-refractivity contribution in [1.29, 1.82) is 0 Å². The number of ether oxygens (including phenoxy) is 1. The van der Waals surface area contributed by atoms with Crippen LogP contribution in [0.2, 0.25) is 0 Å². The van der Waals surface area contributed by atoms with Gasteiger partial charge in [0.15, 0.2) is 0 Å². The molecule has 1 saturated heterocycles. The Morgan fingerprint density at radius 3 is 2.03 bits per heavy atom. The summed E-state index contributed by atoms with van der Waals surface area (Å²) in [6, 6.07) is 9.78. The van der Waals surface area contributed by atoms with Crippen molar-refractivity contribution in [3.63, 3.8) is 0 Å². The van der Waals surface area contributed by atoms with Crippen LogP contribution in [0, 0.1) is 0 Å². The number of rotatable bonds is 6. The van der Waals surface area contributed by atoms with E-state index in [0.717, 1.165) is 5.56 Å². The molecule has 192 valence electrons. The fourth-order valence-electron chi connectivity index (χ4n) is 4.13. The zero-order chi connectivity index (χ0) is 25.9. The second kappa shape index (κ2) is 10.4. The van der Waals surface area contributed by atoms with E-state index in [1.54, 1.807) is 18.2 Å². The van der Waals surface area contributed by atoms with Crippen LogP contribution < -0.4 is 10.6 Å². The van der Waals surface area contributed by atoms with Gasteiger partial charge in [-0.2, -0.15) is 26.3 Å². The average Bonchev–Trinajstić information content (AvgIpc) is 2.82. The molecule has 1 aliphatic heterocycles. The zero-order valence-electron chi connectivity index (χ0n) is 19.3. The third kappa shape index (κ3) is 6.66. The molecule has 0 bridgehead atoms. The summed E-state index contributed by atoms with van der Waals surface area (Å²) < 4.78 is 87.5. The van der Waals surface area contributed by atoms with Crippen LogP contribution in [0.3, 0.4) is 0 Å². The van der Waals surface area contributed by atoms with E-state index >= 15 is 0 Å². The Kier molecular flexibility index (Phi) is 8.00. The second-order valence-electron chi connectivity index (χ2n) is 8.57. The molecule has 2 aromatic rings. The van der Waals surface area contributed by atoms with Gasteiger partial charge < -0.3 is 20.3 Å². The molecular formula is C24H27F6N3O2. The van der Waals surface area contributed by atoms with Crippen LogP contribution in [0.25, 0.3) is 0 Å². The number of carbonyl (C=O) groups excluding carboxylic acids is 1. The maximum Gasteiger partial charge on any atom is 0.416 e. The van der Waals surface area contributed by atoms with Crippen molar-refractivity contribution in [2.24, 2.45) is 0 Å². The van der Waals surface area contributed by atoms with Gasteiger partial charge in [0.05, 0.1) is 16.7 Å². The number of amides is 2. The topological polar surface area (TPSA) is 53.6 Å². The maximum atomic E-state index is 13.5. The molecule has 2 N–H and O–H groups in total. The Bertz CT molecular complexity index is 970. The van der Waals surface area contributed by atoms with Crippen molar-refractivity contribution in [2.45, 2.75) is 36.9 Å². The van der Waals surface area contributed by atoms with Gasteiger partial charge in [-0.3, -0.25) is 0 Å². The van der Waals surface area contributed by atoms with Crippen molar-refractivity contribution in [3.8, 4) is 0 Å². The third-order valence-corrected chi connectivity index (χ3v) is 6.12. The standard InChI is InChI=1S/C24H27F6N3O2/c1-31-21(34)32-15-20(16-12-18(23(25,26)27)14-19(13-16)24(28,29)30)35-22(8-10-33(2)11-9-22)17-6-4-3-5-7-17/h3-7,12-14,20H,8-11,15H2,1-2H3,(H2,31,32,34). The fraction of sp³-hybridized carbons (Fsp3) is 0.458. The fourth-order valence-corrected chi connectivity index (χ4v) is 4.13. The third-order valence-electron chi connectivity index (χ3n) is 6.12. The van der Waals surface area contributed by atoms with E-state index < -0.39 is 41.2 Å². The Hall–Kier alpha value is -2.79. The summed E-state index contributed by atoms with van der Waals surface area (Å²) >= 11 is 0. The zero-order valence-corrected chi connectivity index (χ0v) is 19.3. The predicted octanol–water partition coefficient (Wildman–Crippen LogP) is 5.33. The summed E-state index contributed by atoms with van der Waals surface area (Å²) in [6.07, 6.45) is -10.3. The van der Waals surface area contributed by atoms with Crippen molar-refractivity contribution >= 4 is 6.03 Å². The Labute approximate surface area is 199 Å². The number of carbonyl (C=O) groups is 1. The summed E-state index contributed by atoms with van der Waals surface area (Å²) in [4.78, 5) is 13.9. The van der Waals surface area contributed by atoms with Gasteiger partial charge in [0, 0.05) is 26.7 Å². The van der Waals surface area contributed by atoms with Crippen molar-refractivity contribution in [2.75, 3.05) is 33.7 Å². The van der Waals surface area contributed by atoms with Gasteiger partial charge in [-0.05, 0) is 49.2 Å². The average molecular weight is 503 g/mol. The smallest absolute Gasteiger partial charge is 0.360 e. The SMILES string of the molecule is CNC(=O)NCC(OC1(c2ccccc2)CCN(C)CC1)c1cc(C(F)(F)F)cc(C(F)(F)F)c1. The molecule has 5 nitrogen and oxygen atoms in total. The van der Waals surface area contributed by atoms with E-state index in [1.165, 1.54) is 7.05 Å². The van der Waals surface area contributed by atoms with Gasteiger partial charge in [-0.15, -0.1) is 0 Å². The molecule has 2 aromatic carbocycles. The molecule has 35 heavy (non-hydrogen) atoms. The number of likely N-dealkylation sites (tertiary alicyclic amines) is 1. The van der Waals surface area contributed by atoms with Gasteiger partial charge in [0.25, 0.3) is 0 Å². The highest BCUT2D eigenvalue weighted by atomic mass is 19.4. The molecule has 0 spiro atoms. The Morgan fingerprint density at radius 1 is 1.00 bits per heavy atom. The van der Waals surface area contributed by atoms with E-state index in [4.69, 9.17) is 4.74 Å². The largest absolute Gasteiger partial charge is 0.416 e. The molecule has 0 aromatic heterocycles. The lowest BCUT2D eigenvalue weighted by molar-refractivity contribution is -0.144. The van der Waals surface area contributed by atoms with Crippen LogP contribution in [0.15, 0.2) is 48.5 Å². The first kappa shape index (κ1) is 26.8. The van der Waals surface area contributed by atoms with Gasteiger partial charge in [0.2, 0.25) is 0 Å². The second-order valence-corrected chi connectivity index (χ2v) is 8.57. The minimum atomic E-state index is -5.00. The van der Waals surface area contributed by atoms with Gasteiger partial charge in [-0.25, -0.2) is 4.79 Å². The van der Waals surface area contributed by atoms with E-state index in [9.17, 15) is 31.1 Å². The van der Waals surface area contributed by atoms with Crippen molar-refractivity contribution in [3.05, 3.63) is 70.8 Å². The van der Waals surface area contributed by atoms with Crippen molar-refractivity contribution < 1.29 is 35.9 Å². The number of benzene rings is 2. The summed E-state index contributed by atoms with van der Waals surface area (Å²) in [5.74, 6) is 0. The lowest BCUT2D eigenvalue weighted by atomic mass is 9.83. The van der Waals surface area contributed by atoms with Crippen LogP contribution >= 0.6 is 0 Å². The molecule has 1 fully saturated rings. The molecule has 1 aliphatic rings. The number of hydrogen-bond donors (Lipinski definition) is 2. The number of halogens is 6. The molecule has 0 saturated carbocycles. The molecule has 11 heteroatoms. The first-order valence-electron chi connectivity index (χ1n) is 11.0. The lowest BCUT2D eigenvalue weighted by Gasteiger charge is -2.43. The highest BCUT2D eigenvalue weighted by Crippen LogP contribution is 2.43. The minimum Gasteiger partial charge on any atom is -0.360 e. The number of nitrogens with zero attached hydrogens (tertiary/aromatic N) is 1. The highest BCUT2D eigenvalue weighted by molar-refractivity contribution is 5.73. The molecule has 0 radical (unpaired) electrons. The van der Waals surface area contributed by atoms with Crippen LogP contribution in [0.5, 0.6) is 0 Å². The summed E-state index contributed by atoms with van der Waals surface area (Å²) in [6.45, 7) is 0.893. The summed E-state index contributed by atoms with van der Waals surface area (Å²) in [5, 5.41) is 4.79. The maximum absolute atomic E-state index is 13.5. The molecular weight excluding hydrogens is 476 g/mol. The predicted molar refractivity (Wildman–Crippen MR) is 118 cm³/mol. The van der Waals surface area contributed by atoms with Crippen molar-refractivity contribution in [1.82, 2.24) is 15.5 Å². The van der Waals surface area contributed by atoms with Crippen LogP contribution in [-0.4, -0.2) is 44.7 Å². The van der Waals surface area contributed by atoms with Gasteiger partial charge in [0.1, 0.15) is 6.10 Å². The van der Waals surface area contributed by atoms with Crippen LogP contribution in [0.4, 0.5) is 31.1 Å². The Balaban J connectivity index is 2.10. The molecule has 3 rings (SSSR count). The molecule has 0 aliphatic carbocycles. The Morgan fingerprint density at radius 2 is 1.54 bits per heavy atom. The lowest BCUT2D eigenvalue weighted by Crippen LogP contribution is -2.45. The number of nitrogens with one attached hydrogen (secondary N) is 2. The summed E-state index contributed by atoms with van der Waals surface area (Å²) in [5.41, 5.74) is -3.39. The number of hydrogen-bond acceptors (Lipinski definition) is 3. The molecule has 2 amide bonds. The highest BCUT2D eigenvalue weighted by Gasteiger charge is 2.41. The van der Waals surface area contributed by atoms with Gasteiger partial charge in [-0.1, -0.05) is 30.3 Å². The number of alkyl halides is 6. The molecule has 1 unspecified atom stereocenters. The summed E-state index contributed by atoms with van der Waals surface area (Å²) in [7, 11) is 3.27. The molecule has 1 heterocycles. The van der Waals surface area contributed by atoms with Gasteiger partial charge >= 0.3 is 18.4 Å². The number of piperidine rings is 1. The monoisotopic (exact) mass is 503 g/mol. The quantitative estimate of drug-likeness (QED) is 0.524. The van der Waals surface area contributed by atoms with Crippen LogP contribution in [-0.2, 0) is 22.7 Å². The van der Waals surface area contributed by atoms with E-state index in [0.29, 0.717) is 38.1 Å². The normalized spacial score (nSPS) is 17.6. The number of urea groups is 1. The first-order valence-corrected chi connectivity index (χ1v) is 11.0. The minimum absolute atomic E-state index is 0.0786. The van der Waals surface area contributed by atoms with E-state index in [1.807, 2.05) is 19.2 Å². The van der Waals surface area contributed by atoms with E-state index in [-0.39, 0.29) is 18.2 Å². The van der Waals surface area contributed by atoms with E-state index in [2.05, 4.69) is 15.5 Å². The molecule has 1 atom stereocenters. The van der Waals surface area contributed by atoms with Crippen LogP contribution in [0.1, 0.15) is 41.2 Å². The first-order chi connectivity index (χ1) is 16.3.